The standard InChI is InChI=1S/C15H30N2O2/c1-12(2)19-9-8-17(4)15(18)10-13(3)14-6-5-7-16-11-14/h12-14,16H,5-11H2,1-4H3. The molecule has 0 aliphatic carbocycles. The van der Waals surface area contributed by atoms with Gasteiger partial charge in [0.05, 0.1) is 12.7 Å². The van der Waals surface area contributed by atoms with Gasteiger partial charge in [-0.1, -0.05) is 6.92 Å². The number of piperidine rings is 1. The number of rotatable bonds is 7. The number of nitrogens with one attached hydrogen (secondary N) is 1. The topological polar surface area (TPSA) is 41.6 Å². The summed E-state index contributed by atoms with van der Waals surface area (Å²) in [5.74, 6) is 1.36. The van der Waals surface area contributed by atoms with Crippen LogP contribution in [0.4, 0.5) is 0 Å². The molecule has 112 valence electrons. The lowest BCUT2D eigenvalue weighted by atomic mass is 9.85. The molecule has 1 amide bonds. The average Bonchev–Trinajstić information content (AvgIpc) is 2.39. The number of carbonyl (C=O) groups excluding carboxylic acids is 1. The summed E-state index contributed by atoms with van der Waals surface area (Å²) in [4.78, 5) is 13.9. The largest absolute Gasteiger partial charge is 0.377 e. The molecule has 1 N–H and O–H groups in total. The smallest absolute Gasteiger partial charge is 0.222 e. The Labute approximate surface area is 117 Å². The summed E-state index contributed by atoms with van der Waals surface area (Å²) in [6, 6.07) is 0. The molecule has 0 spiro atoms. The molecule has 0 radical (unpaired) electrons. The van der Waals surface area contributed by atoms with Crippen LogP contribution in [0.1, 0.15) is 40.0 Å². The van der Waals surface area contributed by atoms with E-state index in [1.54, 1.807) is 4.90 Å². The highest BCUT2D eigenvalue weighted by Gasteiger charge is 2.23. The maximum atomic E-state index is 12.1. The number of nitrogens with zero attached hydrogens (tertiary/aromatic N) is 1. The van der Waals surface area contributed by atoms with Crippen molar-refractivity contribution in [2.45, 2.75) is 46.1 Å². The first-order valence-electron chi connectivity index (χ1n) is 7.57. The minimum absolute atomic E-state index is 0.232. The minimum atomic E-state index is 0.232. The molecule has 2 unspecified atom stereocenters. The number of ether oxygens (including phenoxy) is 1. The summed E-state index contributed by atoms with van der Waals surface area (Å²) in [6.45, 7) is 9.73. The van der Waals surface area contributed by atoms with Crippen LogP contribution in [-0.4, -0.2) is 50.2 Å². The first kappa shape index (κ1) is 16.4. The number of amides is 1. The zero-order valence-electron chi connectivity index (χ0n) is 12.9. The van der Waals surface area contributed by atoms with Crippen LogP contribution in [0.3, 0.4) is 0 Å². The van der Waals surface area contributed by atoms with Gasteiger partial charge in [-0.05, 0) is 51.6 Å². The first-order valence-corrected chi connectivity index (χ1v) is 7.57. The SMILES string of the molecule is CC(C)OCCN(C)C(=O)CC(C)C1CCCNC1. The fourth-order valence-corrected chi connectivity index (χ4v) is 2.51. The Hall–Kier alpha value is -0.610. The number of carbonyl (C=O) groups is 1. The fraction of sp³-hybridized carbons (Fsp3) is 0.933. The normalized spacial score (nSPS) is 21.4. The van der Waals surface area contributed by atoms with E-state index in [1.165, 1.54) is 12.8 Å². The lowest BCUT2D eigenvalue weighted by Crippen LogP contribution is -2.37. The molecular weight excluding hydrogens is 240 g/mol. The Morgan fingerprint density at radius 1 is 1.42 bits per heavy atom. The van der Waals surface area contributed by atoms with Crippen molar-refractivity contribution in [1.82, 2.24) is 10.2 Å². The molecule has 1 rings (SSSR count). The van der Waals surface area contributed by atoms with Gasteiger partial charge in [-0.2, -0.15) is 0 Å². The highest BCUT2D eigenvalue weighted by molar-refractivity contribution is 5.76. The Bertz CT molecular complexity index is 263. The lowest BCUT2D eigenvalue weighted by Gasteiger charge is -2.29. The Morgan fingerprint density at radius 3 is 2.74 bits per heavy atom. The van der Waals surface area contributed by atoms with E-state index in [-0.39, 0.29) is 12.0 Å². The second-order valence-corrected chi connectivity index (χ2v) is 6.02. The number of hydrogen-bond donors (Lipinski definition) is 1. The molecule has 4 nitrogen and oxygen atoms in total. The van der Waals surface area contributed by atoms with E-state index < -0.39 is 0 Å². The summed E-state index contributed by atoms with van der Waals surface area (Å²) >= 11 is 0. The van der Waals surface area contributed by atoms with Crippen molar-refractivity contribution in [3.63, 3.8) is 0 Å². The van der Waals surface area contributed by atoms with Crippen LogP contribution in [0.2, 0.25) is 0 Å². The Morgan fingerprint density at radius 2 is 2.16 bits per heavy atom. The molecule has 1 aliphatic heterocycles. The van der Waals surface area contributed by atoms with Crippen LogP contribution < -0.4 is 5.32 Å². The lowest BCUT2D eigenvalue weighted by molar-refractivity contribution is -0.132. The maximum absolute atomic E-state index is 12.1. The average molecular weight is 270 g/mol. The predicted octanol–water partition coefficient (Wildman–Crippen LogP) is 1.90. The quantitative estimate of drug-likeness (QED) is 0.768. The second kappa shape index (κ2) is 8.54. The van der Waals surface area contributed by atoms with Crippen LogP contribution in [-0.2, 0) is 9.53 Å². The van der Waals surface area contributed by atoms with E-state index in [0.29, 0.717) is 31.4 Å². The van der Waals surface area contributed by atoms with Gasteiger partial charge in [0.2, 0.25) is 5.91 Å². The zero-order valence-corrected chi connectivity index (χ0v) is 12.9. The van der Waals surface area contributed by atoms with Gasteiger partial charge in [-0.25, -0.2) is 0 Å². The molecule has 1 fully saturated rings. The Balaban J connectivity index is 2.24. The van der Waals surface area contributed by atoms with Crippen LogP contribution >= 0.6 is 0 Å². The van der Waals surface area contributed by atoms with Crippen molar-refractivity contribution < 1.29 is 9.53 Å². The summed E-state index contributed by atoms with van der Waals surface area (Å²) < 4.78 is 5.48. The molecule has 0 saturated carbocycles. The van der Waals surface area contributed by atoms with E-state index in [1.807, 2.05) is 20.9 Å². The van der Waals surface area contributed by atoms with Gasteiger partial charge in [0, 0.05) is 20.0 Å². The summed E-state index contributed by atoms with van der Waals surface area (Å²) in [6.07, 6.45) is 3.38. The van der Waals surface area contributed by atoms with Gasteiger partial charge < -0.3 is 15.0 Å². The first-order chi connectivity index (χ1) is 9.00. The molecule has 1 heterocycles. The maximum Gasteiger partial charge on any atom is 0.222 e. The highest BCUT2D eigenvalue weighted by atomic mass is 16.5. The van der Waals surface area contributed by atoms with E-state index >= 15 is 0 Å². The number of likely N-dealkylation sites (N-methyl/N-ethyl adjacent to an activating group) is 1. The second-order valence-electron chi connectivity index (χ2n) is 6.02. The van der Waals surface area contributed by atoms with Crippen molar-refractivity contribution >= 4 is 5.91 Å². The molecule has 1 aliphatic rings. The molecule has 0 aromatic rings. The van der Waals surface area contributed by atoms with Crippen LogP contribution in [0, 0.1) is 11.8 Å². The van der Waals surface area contributed by atoms with Crippen molar-refractivity contribution in [3.05, 3.63) is 0 Å². The van der Waals surface area contributed by atoms with Gasteiger partial charge in [0.1, 0.15) is 0 Å². The van der Waals surface area contributed by atoms with E-state index in [2.05, 4.69) is 12.2 Å². The van der Waals surface area contributed by atoms with Crippen molar-refractivity contribution in [2.24, 2.45) is 11.8 Å². The zero-order chi connectivity index (χ0) is 14.3. The minimum Gasteiger partial charge on any atom is -0.377 e. The molecule has 0 aromatic heterocycles. The van der Waals surface area contributed by atoms with E-state index in [0.717, 1.165) is 13.1 Å². The molecule has 0 aromatic carbocycles. The van der Waals surface area contributed by atoms with Gasteiger partial charge in [-0.3, -0.25) is 4.79 Å². The van der Waals surface area contributed by atoms with Gasteiger partial charge in [-0.15, -0.1) is 0 Å². The van der Waals surface area contributed by atoms with Crippen molar-refractivity contribution in [1.29, 1.82) is 0 Å². The fourth-order valence-electron chi connectivity index (χ4n) is 2.51. The number of hydrogen-bond acceptors (Lipinski definition) is 3. The Kier molecular flexibility index (Phi) is 7.39. The highest BCUT2D eigenvalue weighted by Crippen LogP contribution is 2.22. The third kappa shape index (κ3) is 6.39. The van der Waals surface area contributed by atoms with Crippen LogP contribution in [0.5, 0.6) is 0 Å². The van der Waals surface area contributed by atoms with Gasteiger partial charge in [0.15, 0.2) is 0 Å². The molecule has 2 atom stereocenters. The summed E-state index contributed by atoms with van der Waals surface area (Å²) in [5.41, 5.74) is 0. The van der Waals surface area contributed by atoms with E-state index in [4.69, 9.17) is 4.74 Å². The van der Waals surface area contributed by atoms with Crippen LogP contribution in [0.15, 0.2) is 0 Å². The summed E-state index contributed by atoms with van der Waals surface area (Å²) in [5, 5.41) is 3.42. The molecule has 0 bridgehead atoms. The monoisotopic (exact) mass is 270 g/mol. The third-order valence-electron chi connectivity index (χ3n) is 3.94. The predicted molar refractivity (Wildman–Crippen MR) is 78.1 cm³/mol. The van der Waals surface area contributed by atoms with Crippen LogP contribution in [0.25, 0.3) is 0 Å². The van der Waals surface area contributed by atoms with E-state index in [9.17, 15) is 4.79 Å². The molecule has 4 heteroatoms. The third-order valence-corrected chi connectivity index (χ3v) is 3.94. The van der Waals surface area contributed by atoms with Gasteiger partial charge >= 0.3 is 0 Å². The molecule has 19 heavy (non-hydrogen) atoms. The summed E-state index contributed by atoms with van der Waals surface area (Å²) in [7, 11) is 1.87. The van der Waals surface area contributed by atoms with Crippen molar-refractivity contribution in [2.75, 3.05) is 33.3 Å². The molecule has 1 saturated heterocycles. The van der Waals surface area contributed by atoms with Crippen molar-refractivity contribution in [3.8, 4) is 0 Å². The van der Waals surface area contributed by atoms with Gasteiger partial charge in [0.25, 0.3) is 0 Å². The molecular formula is C15H30N2O2.